The first-order valence-corrected chi connectivity index (χ1v) is 19.8. The zero-order valence-corrected chi connectivity index (χ0v) is 32.0. The van der Waals surface area contributed by atoms with Crippen molar-refractivity contribution in [2.75, 3.05) is 6.61 Å². The highest BCUT2D eigenvalue weighted by Gasteiger charge is 2.70. The topological polar surface area (TPSA) is 113 Å². The third-order valence-corrected chi connectivity index (χ3v) is 16.2. The summed E-state index contributed by atoms with van der Waals surface area (Å²) in [6.07, 6.45) is 13.0. The second kappa shape index (κ2) is 13.2. The molecule has 5 aliphatic carbocycles. The summed E-state index contributed by atoms with van der Waals surface area (Å²) < 4.78 is 6.25. The van der Waals surface area contributed by atoms with Gasteiger partial charge in [-0.25, -0.2) is 0 Å². The van der Waals surface area contributed by atoms with Gasteiger partial charge in [0.1, 0.15) is 6.10 Å². The molecule has 0 bridgehead atoms. The maximum atomic E-state index is 13.7. The van der Waals surface area contributed by atoms with E-state index < -0.39 is 11.4 Å². The molecule has 50 heavy (non-hydrogen) atoms. The van der Waals surface area contributed by atoms with Crippen molar-refractivity contribution in [2.24, 2.45) is 56.2 Å². The summed E-state index contributed by atoms with van der Waals surface area (Å²) in [7, 11) is 0. The van der Waals surface area contributed by atoms with Gasteiger partial charge in [-0.1, -0.05) is 85.2 Å². The second-order valence-electron chi connectivity index (χ2n) is 19.7. The van der Waals surface area contributed by atoms with Crippen LogP contribution in [0.1, 0.15) is 150 Å². The van der Waals surface area contributed by atoms with Gasteiger partial charge in [-0.3, -0.25) is 14.4 Å². The first-order chi connectivity index (χ1) is 23.4. The van der Waals surface area contributed by atoms with Crippen molar-refractivity contribution >= 4 is 17.8 Å². The normalized spacial score (nSPS) is 39.6. The lowest BCUT2D eigenvalue weighted by molar-refractivity contribution is -0.248. The van der Waals surface area contributed by atoms with Crippen LogP contribution in [0.3, 0.4) is 0 Å². The van der Waals surface area contributed by atoms with Gasteiger partial charge in [0.2, 0.25) is 5.91 Å². The number of aliphatic carboxylic acids is 1. The fourth-order valence-electron chi connectivity index (χ4n) is 13.7. The molecule has 0 aromatic heterocycles. The van der Waals surface area contributed by atoms with E-state index in [1.807, 2.05) is 44.2 Å². The molecule has 2 unspecified atom stereocenters. The molecule has 0 heterocycles. The zero-order valence-electron chi connectivity index (χ0n) is 32.0. The number of carbonyl (C=O) groups excluding carboxylic acids is 2. The van der Waals surface area contributed by atoms with Gasteiger partial charge in [0.05, 0.1) is 25.5 Å². The van der Waals surface area contributed by atoms with E-state index in [9.17, 15) is 24.6 Å². The van der Waals surface area contributed by atoms with E-state index in [1.165, 1.54) is 38.5 Å². The zero-order chi connectivity index (χ0) is 36.3. The van der Waals surface area contributed by atoms with Gasteiger partial charge in [0, 0.05) is 11.8 Å². The standard InChI is InChI=1S/C43H65NO6/c1-38(2,25-36(47)48)26-37(49)50-34-18-20-40(5)32(39(34,3)4)17-21-42(7)33(40)16-15-29-30-14-11-19-43(30,23-22-41(29,42)6)24-35(46)44-31(27-45)28-12-9-8-10-13-28/h8-10,12-13,29-34,45H,11,14-27H2,1-7H3,(H,44,46)(H,47,48)/t29-,30-,31+,32?,33?,34+,40+,41-,42-,43-/m1/s1. The van der Waals surface area contributed by atoms with E-state index in [-0.39, 0.29) is 70.5 Å². The number of carboxylic acid groups (broad SMARTS) is 1. The van der Waals surface area contributed by atoms with Gasteiger partial charge in [-0.15, -0.1) is 0 Å². The van der Waals surface area contributed by atoms with E-state index in [1.54, 1.807) is 0 Å². The van der Waals surface area contributed by atoms with Crippen molar-refractivity contribution in [3.05, 3.63) is 35.9 Å². The molecular weight excluding hydrogens is 626 g/mol. The Bertz CT molecular complexity index is 1440. The number of carboxylic acids is 1. The summed E-state index contributed by atoms with van der Waals surface area (Å²) in [5, 5.41) is 22.7. The fourth-order valence-corrected chi connectivity index (χ4v) is 13.7. The summed E-state index contributed by atoms with van der Waals surface area (Å²) in [4.78, 5) is 38.3. The molecule has 1 amide bonds. The van der Waals surface area contributed by atoms with E-state index in [2.05, 4.69) is 39.9 Å². The number of fused-ring (bicyclic) bond motifs is 7. The van der Waals surface area contributed by atoms with E-state index in [0.29, 0.717) is 30.1 Å². The Morgan fingerprint density at radius 3 is 2.24 bits per heavy atom. The van der Waals surface area contributed by atoms with E-state index >= 15 is 0 Å². The number of aliphatic hydroxyl groups is 1. The Balaban J connectivity index is 1.17. The minimum atomic E-state index is -0.887. The molecular formula is C43H65NO6. The number of carbonyl (C=O) groups is 3. The van der Waals surface area contributed by atoms with Crippen LogP contribution in [0.4, 0.5) is 0 Å². The number of hydrogen-bond acceptors (Lipinski definition) is 5. The molecule has 1 aromatic carbocycles. The first kappa shape index (κ1) is 37.4. The molecule has 3 N–H and O–H groups in total. The van der Waals surface area contributed by atoms with Crippen molar-refractivity contribution in [3.8, 4) is 0 Å². The highest BCUT2D eigenvalue weighted by molar-refractivity contribution is 5.77. The second-order valence-corrected chi connectivity index (χ2v) is 19.7. The number of benzene rings is 1. The van der Waals surface area contributed by atoms with E-state index in [0.717, 1.165) is 37.7 Å². The van der Waals surface area contributed by atoms with Gasteiger partial charge in [-0.2, -0.15) is 0 Å². The maximum absolute atomic E-state index is 13.7. The van der Waals surface area contributed by atoms with Crippen LogP contribution in [0.25, 0.3) is 0 Å². The minimum absolute atomic E-state index is 0.0511. The van der Waals surface area contributed by atoms with Gasteiger partial charge >= 0.3 is 11.9 Å². The lowest BCUT2D eigenvalue weighted by Gasteiger charge is -2.72. The Morgan fingerprint density at radius 1 is 0.840 bits per heavy atom. The van der Waals surface area contributed by atoms with Crippen molar-refractivity contribution < 1.29 is 29.3 Å². The first-order valence-electron chi connectivity index (χ1n) is 19.8. The number of nitrogens with one attached hydrogen (secondary N) is 1. The summed E-state index contributed by atoms with van der Waals surface area (Å²) in [5.41, 5.74) is 0.806. The number of ether oxygens (including phenoxy) is 1. The highest BCUT2D eigenvalue weighted by Crippen LogP contribution is 2.77. The van der Waals surface area contributed by atoms with Gasteiger partial charge < -0.3 is 20.3 Å². The molecule has 5 fully saturated rings. The van der Waals surface area contributed by atoms with Crippen LogP contribution in [0.15, 0.2) is 30.3 Å². The predicted octanol–water partition coefficient (Wildman–Crippen LogP) is 8.88. The highest BCUT2D eigenvalue weighted by atomic mass is 16.5. The number of rotatable bonds is 10. The minimum Gasteiger partial charge on any atom is -0.481 e. The third-order valence-electron chi connectivity index (χ3n) is 16.2. The van der Waals surface area contributed by atoms with Crippen molar-refractivity contribution in [1.82, 2.24) is 5.32 Å². The molecule has 7 nitrogen and oxygen atoms in total. The van der Waals surface area contributed by atoms with Crippen molar-refractivity contribution in [1.29, 1.82) is 0 Å². The summed E-state index contributed by atoms with van der Waals surface area (Å²) in [5.74, 6) is 1.17. The van der Waals surface area contributed by atoms with Crippen LogP contribution in [0, 0.1) is 56.2 Å². The quantitative estimate of drug-likeness (QED) is 0.211. The van der Waals surface area contributed by atoms with Gasteiger partial charge in [-0.05, 0) is 121 Å². The summed E-state index contributed by atoms with van der Waals surface area (Å²) in [6, 6.07) is 9.46. The molecule has 5 aliphatic rings. The number of aliphatic hydroxyl groups excluding tert-OH is 1. The number of amides is 1. The summed E-state index contributed by atoms with van der Waals surface area (Å²) in [6.45, 7) is 16.0. The number of esters is 1. The summed E-state index contributed by atoms with van der Waals surface area (Å²) >= 11 is 0. The lowest BCUT2D eigenvalue weighted by atomic mass is 9.32. The average molecular weight is 692 g/mol. The Labute approximate surface area is 301 Å². The molecule has 0 radical (unpaired) electrons. The van der Waals surface area contributed by atoms with Crippen LogP contribution in [-0.4, -0.2) is 40.8 Å². The van der Waals surface area contributed by atoms with Crippen LogP contribution < -0.4 is 5.32 Å². The Morgan fingerprint density at radius 2 is 1.56 bits per heavy atom. The van der Waals surface area contributed by atoms with E-state index in [4.69, 9.17) is 4.74 Å². The van der Waals surface area contributed by atoms with Crippen LogP contribution in [-0.2, 0) is 19.1 Å². The van der Waals surface area contributed by atoms with Crippen molar-refractivity contribution in [3.63, 3.8) is 0 Å². The van der Waals surface area contributed by atoms with Gasteiger partial charge in [0.15, 0.2) is 0 Å². The largest absolute Gasteiger partial charge is 0.481 e. The molecule has 1 aromatic rings. The Hall–Kier alpha value is -2.41. The molecule has 0 aliphatic heterocycles. The molecule has 6 rings (SSSR count). The molecule has 0 saturated heterocycles. The van der Waals surface area contributed by atoms with Gasteiger partial charge in [0.25, 0.3) is 0 Å². The molecule has 10 atom stereocenters. The maximum Gasteiger partial charge on any atom is 0.306 e. The van der Waals surface area contributed by atoms with Crippen LogP contribution in [0.2, 0.25) is 0 Å². The van der Waals surface area contributed by atoms with Crippen LogP contribution >= 0.6 is 0 Å². The molecule has 7 heteroatoms. The predicted molar refractivity (Wildman–Crippen MR) is 195 cm³/mol. The lowest BCUT2D eigenvalue weighted by Crippen LogP contribution is -2.66. The molecule has 0 spiro atoms. The fraction of sp³-hybridized carbons (Fsp3) is 0.791. The number of hydrogen-bond donors (Lipinski definition) is 3. The smallest absolute Gasteiger partial charge is 0.306 e. The Kier molecular flexibility index (Phi) is 9.87. The molecule has 278 valence electrons. The third kappa shape index (κ3) is 6.23. The monoisotopic (exact) mass is 691 g/mol. The SMILES string of the molecule is CC(C)(CC(=O)O)CC(=O)O[C@H]1CC[C@@]2(C)C(CC[C@]3(C)C2CC[C@@H]2[C@H]4CCC[C@]4(CC(=O)N[C@@H](CO)c4ccccc4)CC[C@]23C)C1(C)C. The molecule has 5 saturated carbocycles. The average Bonchev–Trinajstić information content (AvgIpc) is 3.44. The van der Waals surface area contributed by atoms with Crippen molar-refractivity contribution in [2.45, 2.75) is 151 Å². The van der Waals surface area contributed by atoms with Crippen LogP contribution in [0.5, 0.6) is 0 Å².